The minimum absolute atomic E-state index is 0.0496. The summed E-state index contributed by atoms with van der Waals surface area (Å²) in [5, 5.41) is 12.0. The van der Waals surface area contributed by atoms with Crippen LogP contribution in [0.2, 0.25) is 0 Å². The number of rotatable bonds is 4. The summed E-state index contributed by atoms with van der Waals surface area (Å²) in [5.41, 5.74) is 2.20. The van der Waals surface area contributed by atoms with Crippen LogP contribution in [0.4, 0.5) is 0 Å². The van der Waals surface area contributed by atoms with Crippen molar-refractivity contribution in [3.05, 3.63) is 11.6 Å². The maximum atomic E-state index is 12.0. The summed E-state index contributed by atoms with van der Waals surface area (Å²) >= 11 is 0. The van der Waals surface area contributed by atoms with E-state index in [1.165, 1.54) is 63.4 Å². The lowest BCUT2D eigenvalue weighted by molar-refractivity contribution is -0.226. The average molecular weight is 485 g/mol. The number of allylic oxidation sites excluding steroid dienone is 1. The summed E-state index contributed by atoms with van der Waals surface area (Å²) in [5.74, 6) is 3.40. The van der Waals surface area contributed by atoms with Crippen LogP contribution in [0.3, 0.4) is 0 Å². The second-order valence-corrected chi connectivity index (χ2v) is 15.6. The van der Waals surface area contributed by atoms with Gasteiger partial charge in [-0.15, -0.1) is 0 Å². The van der Waals surface area contributed by atoms with Gasteiger partial charge < -0.3 is 9.84 Å². The van der Waals surface area contributed by atoms with E-state index in [-0.39, 0.29) is 12.2 Å². The van der Waals surface area contributed by atoms with Crippen LogP contribution in [0.25, 0.3) is 0 Å². The van der Waals surface area contributed by atoms with Crippen molar-refractivity contribution >= 4 is 0 Å². The Bertz CT molecular complexity index is 851. The summed E-state index contributed by atoms with van der Waals surface area (Å²) in [6.07, 6.45) is 15.3. The summed E-state index contributed by atoms with van der Waals surface area (Å²) in [4.78, 5) is 0. The van der Waals surface area contributed by atoms with Gasteiger partial charge in [0.2, 0.25) is 0 Å². The molecule has 1 heterocycles. The highest BCUT2D eigenvalue weighted by molar-refractivity contribution is 5.23. The van der Waals surface area contributed by atoms with Crippen LogP contribution in [-0.2, 0) is 4.74 Å². The van der Waals surface area contributed by atoms with Crippen LogP contribution < -0.4 is 0 Å². The first-order chi connectivity index (χ1) is 16.3. The fraction of sp³-hybridized carbons (Fsp3) is 0.939. The van der Waals surface area contributed by atoms with Gasteiger partial charge in [-0.05, 0) is 124 Å². The van der Waals surface area contributed by atoms with Crippen LogP contribution in [0.15, 0.2) is 11.6 Å². The molecule has 0 amide bonds. The van der Waals surface area contributed by atoms with Gasteiger partial charge in [0, 0.05) is 5.92 Å². The lowest BCUT2D eigenvalue weighted by Gasteiger charge is -2.71. The van der Waals surface area contributed by atoms with Gasteiger partial charge >= 0.3 is 0 Å². The third kappa shape index (κ3) is 3.40. The van der Waals surface area contributed by atoms with E-state index in [0.29, 0.717) is 33.5 Å². The molecule has 0 spiro atoms. The van der Waals surface area contributed by atoms with Crippen molar-refractivity contribution in [1.29, 1.82) is 0 Å². The van der Waals surface area contributed by atoms with E-state index >= 15 is 0 Å². The molecule has 4 saturated carbocycles. The molecule has 1 saturated heterocycles. The maximum absolute atomic E-state index is 12.0. The molecule has 4 aliphatic carbocycles. The fourth-order valence-corrected chi connectivity index (χ4v) is 11.8. The molecular weight excluding hydrogens is 428 g/mol. The highest BCUT2D eigenvalue weighted by atomic mass is 16.5. The predicted octanol–water partition coefficient (Wildman–Crippen LogP) is 8.57. The zero-order chi connectivity index (χ0) is 25.6. The van der Waals surface area contributed by atoms with E-state index in [4.69, 9.17) is 4.74 Å². The van der Waals surface area contributed by atoms with Crippen LogP contribution in [0, 0.1) is 51.2 Å². The van der Waals surface area contributed by atoms with E-state index in [1.54, 1.807) is 0 Å². The summed E-state index contributed by atoms with van der Waals surface area (Å²) in [6, 6.07) is 0. The Morgan fingerprint density at radius 3 is 2.34 bits per heavy atom. The third-order valence-corrected chi connectivity index (χ3v) is 13.7. The zero-order valence-corrected chi connectivity index (χ0v) is 24.5. The molecular formula is C33H56O2. The normalized spacial score (nSPS) is 54.4. The monoisotopic (exact) mass is 484 g/mol. The standard InChI is InChI=1S/C33H56O2/c1-10-17-33-20-24-28(32(9,34)27(35-24)14-11-21(2)3)23(33)12-13-26-30(7)18-15-22(4)29(5,6)25(30)16-19-31(26,33)8/h11,22-28,34H,10,12-20H2,1-9H3. The Kier molecular flexibility index (Phi) is 6.25. The molecule has 2 heteroatoms. The average Bonchev–Trinajstić information content (AvgIpc) is 3.21. The van der Waals surface area contributed by atoms with Gasteiger partial charge in [-0.3, -0.25) is 0 Å². The molecule has 0 aromatic heterocycles. The number of ether oxygens (including phenoxy) is 1. The Labute approximate surface area is 217 Å². The molecule has 0 bridgehead atoms. The van der Waals surface area contributed by atoms with Crippen molar-refractivity contribution in [3.63, 3.8) is 0 Å². The number of aliphatic hydroxyl groups is 1. The lowest BCUT2D eigenvalue weighted by atomic mass is 9.34. The molecule has 5 aliphatic rings. The third-order valence-electron chi connectivity index (χ3n) is 13.7. The first kappa shape index (κ1) is 26.3. The van der Waals surface area contributed by atoms with Crippen molar-refractivity contribution < 1.29 is 9.84 Å². The van der Waals surface area contributed by atoms with Crippen molar-refractivity contribution in [1.82, 2.24) is 0 Å². The van der Waals surface area contributed by atoms with Crippen molar-refractivity contribution in [2.75, 3.05) is 0 Å². The Hall–Kier alpha value is -0.340. The van der Waals surface area contributed by atoms with Crippen LogP contribution in [-0.4, -0.2) is 22.9 Å². The van der Waals surface area contributed by atoms with Crippen LogP contribution >= 0.6 is 0 Å². The van der Waals surface area contributed by atoms with Gasteiger partial charge in [0.05, 0.1) is 17.8 Å². The van der Waals surface area contributed by atoms with E-state index in [9.17, 15) is 5.11 Å². The van der Waals surface area contributed by atoms with Gasteiger partial charge in [-0.25, -0.2) is 0 Å². The van der Waals surface area contributed by atoms with Crippen LogP contribution in [0.1, 0.15) is 127 Å². The number of fused-ring (bicyclic) bond motifs is 7. The maximum Gasteiger partial charge on any atom is 0.0938 e. The summed E-state index contributed by atoms with van der Waals surface area (Å²) in [7, 11) is 0. The molecule has 1 N–H and O–H groups in total. The van der Waals surface area contributed by atoms with Gasteiger partial charge in [0.15, 0.2) is 0 Å². The quantitative estimate of drug-likeness (QED) is 0.405. The molecule has 11 unspecified atom stereocenters. The predicted molar refractivity (Wildman–Crippen MR) is 146 cm³/mol. The molecule has 200 valence electrons. The second kappa shape index (κ2) is 8.33. The molecule has 5 rings (SSSR count). The highest BCUT2D eigenvalue weighted by Gasteiger charge is 2.74. The van der Waals surface area contributed by atoms with Gasteiger partial charge in [-0.2, -0.15) is 0 Å². The molecule has 1 aliphatic heterocycles. The Morgan fingerprint density at radius 1 is 0.971 bits per heavy atom. The lowest BCUT2D eigenvalue weighted by Crippen LogP contribution is -2.64. The van der Waals surface area contributed by atoms with E-state index in [0.717, 1.165) is 24.2 Å². The zero-order valence-electron chi connectivity index (χ0n) is 24.5. The number of hydrogen-bond acceptors (Lipinski definition) is 2. The van der Waals surface area contributed by atoms with Crippen molar-refractivity contribution in [3.8, 4) is 0 Å². The van der Waals surface area contributed by atoms with Crippen LogP contribution in [0.5, 0.6) is 0 Å². The summed E-state index contributed by atoms with van der Waals surface area (Å²) in [6.45, 7) is 22.0. The first-order valence-corrected chi connectivity index (χ1v) is 15.3. The van der Waals surface area contributed by atoms with E-state index in [2.05, 4.69) is 68.4 Å². The minimum Gasteiger partial charge on any atom is -0.387 e. The Morgan fingerprint density at radius 2 is 1.69 bits per heavy atom. The molecule has 2 nitrogen and oxygen atoms in total. The highest BCUT2D eigenvalue weighted by Crippen LogP contribution is 2.78. The second-order valence-electron chi connectivity index (χ2n) is 15.6. The molecule has 0 radical (unpaired) electrons. The molecule has 35 heavy (non-hydrogen) atoms. The fourth-order valence-electron chi connectivity index (χ4n) is 11.8. The van der Waals surface area contributed by atoms with E-state index in [1.807, 2.05) is 0 Å². The number of hydrogen-bond donors (Lipinski definition) is 1. The SMILES string of the molecule is CCCC12CC3OC(CC=C(C)C)C(C)(O)C3C1CCC1C3(C)CCC(C)C(C)(C)C3CCC12C. The van der Waals surface area contributed by atoms with Gasteiger partial charge in [0.1, 0.15) is 0 Å². The van der Waals surface area contributed by atoms with Gasteiger partial charge in [0.25, 0.3) is 0 Å². The topological polar surface area (TPSA) is 29.5 Å². The summed E-state index contributed by atoms with van der Waals surface area (Å²) < 4.78 is 6.82. The molecule has 0 aromatic rings. The molecule has 0 aromatic carbocycles. The van der Waals surface area contributed by atoms with E-state index < -0.39 is 5.60 Å². The minimum atomic E-state index is -0.719. The largest absolute Gasteiger partial charge is 0.387 e. The molecule has 5 fully saturated rings. The first-order valence-electron chi connectivity index (χ1n) is 15.3. The van der Waals surface area contributed by atoms with Crippen molar-refractivity contribution in [2.24, 2.45) is 51.2 Å². The smallest absolute Gasteiger partial charge is 0.0938 e. The molecule has 11 atom stereocenters. The van der Waals surface area contributed by atoms with Crippen molar-refractivity contribution in [2.45, 2.75) is 144 Å². The van der Waals surface area contributed by atoms with Gasteiger partial charge in [-0.1, -0.05) is 59.6 Å². The Balaban J connectivity index is 1.52.